The topological polar surface area (TPSA) is 24.9 Å². The molecule has 0 aliphatic rings. The van der Waals surface area contributed by atoms with Gasteiger partial charge in [-0.15, -0.1) is 0 Å². The smallest absolute Gasteiger partial charge is 0.0570 e. The van der Waals surface area contributed by atoms with Crippen molar-refractivity contribution in [3.05, 3.63) is 63.9 Å². The Bertz CT molecular complexity index is 452. The summed E-state index contributed by atoms with van der Waals surface area (Å²) in [4.78, 5) is 4.36. The molecule has 2 aromatic rings. The Balaban J connectivity index is 1.93. The third kappa shape index (κ3) is 3.38. The maximum absolute atomic E-state index is 4.36. The maximum atomic E-state index is 4.36. The highest BCUT2D eigenvalue weighted by molar-refractivity contribution is 9.10. The number of aromatic nitrogens is 1. The Morgan fingerprint density at radius 1 is 1.12 bits per heavy atom. The van der Waals surface area contributed by atoms with Crippen LogP contribution in [-0.4, -0.2) is 4.98 Å². The minimum absolute atomic E-state index is 0.800. The van der Waals surface area contributed by atoms with Crippen molar-refractivity contribution < 1.29 is 0 Å². The van der Waals surface area contributed by atoms with Crippen LogP contribution < -0.4 is 5.32 Å². The van der Waals surface area contributed by atoms with Crippen LogP contribution in [0.1, 0.15) is 16.8 Å². The van der Waals surface area contributed by atoms with E-state index in [4.69, 9.17) is 0 Å². The number of hydrogen-bond acceptors (Lipinski definition) is 2. The molecule has 17 heavy (non-hydrogen) atoms. The fraction of sp³-hybridized carbons (Fsp3) is 0.214. The van der Waals surface area contributed by atoms with Crippen molar-refractivity contribution in [2.24, 2.45) is 0 Å². The predicted molar refractivity (Wildman–Crippen MR) is 73.7 cm³/mol. The molecule has 0 aliphatic carbocycles. The van der Waals surface area contributed by atoms with Crippen LogP contribution in [0.2, 0.25) is 0 Å². The van der Waals surface area contributed by atoms with Crippen molar-refractivity contribution in [3.8, 4) is 0 Å². The number of pyridine rings is 1. The minimum atomic E-state index is 0.800. The van der Waals surface area contributed by atoms with Gasteiger partial charge in [-0.1, -0.05) is 40.2 Å². The second kappa shape index (κ2) is 5.94. The zero-order chi connectivity index (χ0) is 12.1. The molecular formula is C14H15BrN2. The van der Waals surface area contributed by atoms with Crippen LogP contribution in [0.4, 0.5) is 0 Å². The molecule has 1 N–H and O–H groups in total. The number of halogens is 1. The van der Waals surface area contributed by atoms with E-state index in [1.165, 1.54) is 11.1 Å². The van der Waals surface area contributed by atoms with Gasteiger partial charge in [0.15, 0.2) is 0 Å². The fourth-order valence-corrected chi connectivity index (χ4v) is 2.09. The molecule has 0 amide bonds. The third-order valence-corrected chi connectivity index (χ3v) is 3.46. The Kier molecular flexibility index (Phi) is 4.29. The Morgan fingerprint density at radius 2 is 1.94 bits per heavy atom. The number of nitrogens with one attached hydrogen (secondary N) is 1. The van der Waals surface area contributed by atoms with Gasteiger partial charge in [-0.3, -0.25) is 4.98 Å². The van der Waals surface area contributed by atoms with E-state index in [0.29, 0.717) is 0 Å². The van der Waals surface area contributed by atoms with Crippen molar-refractivity contribution in [1.29, 1.82) is 0 Å². The van der Waals surface area contributed by atoms with Gasteiger partial charge >= 0.3 is 0 Å². The maximum Gasteiger partial charge on any atom is 0.0570 e. The highest BCUT2D eigenvalue weighted by Gasteiger charge is 2.00. The van der Waals surface area contributed by atoms with E-state index in [9.17, 15) is 0 Å². The molecule has 3 heteroatoms. The lowest BCUT2D eigenvalue weighted by atomic mass is 10.2. The SMILES string of the molecule is Cc1cccnc1CNCc1ccccc1Br. The summed E-state index contributed by atoms with van der Waals surface area (Å²) in [6, 6.07) is 12.3. The van der Waals surface area contributed by atoms with Crippen LogP contribution in [0.25, 0.3) is 0 Å². The second-order valence-corrected chi connectivity index (χ2v) is 4.82. The van der Waals surface area contributed by atoms with Crippen LogP contribution in [0.15, 0.2) is 47.1 Å². The van der Waals surface area contributed by atoms with E-state index in [1.54, 1.807) is 0 Å². The van der Waals surface area contributed by atoms with Gasteiger partial charge in [0.1, 0.15) is 0 Å². The highest BCUT2D eigenvalue weighted by Crippen LogP contribution is 2.15. The summed E-state index contributed by atoms with van der Waals surface area (Å²) in [5, 5.41) is 3.41. The fourth-order valence-electron chi connectivity index (χ4n) is 1.66. The van der Waals surface area contributed by atoms with Gasteiger partial charge in [0.05, 0.1) is 5.69 Å². The van der Waals surface area contributed by atoms with Gasteiger partial charge in [0, 0.05) is 23.8 Å². The molecule has 0 radical (unpaired) electrons. The van der Waals surface area contributed by atoms with Crippen molar-refractivity contribution in [1.82, 2.24) is 10.3 Å². The van der Waals surface area contributed by atoms with Gasteiger partial charge < -0.3 is 5.32 Å². The van der Waals surface area contributed by atoms with Crippen LogP contribution in [0.3, 0.4) is 0 Å². The Hall–Kier alpha value is -1.19. The van der Waals surface area contributed by atoms with E-state index >= 15 is 0 Å². The molecule has 0 saturated carbocycles. The third-order valence-electron chi connectivity index (χ3n) is 2.68. The van der Waals surface area contributed by atoms with Gasteiger partial charge in [0.25, 0.3) is 0 Å². The van der Waals surface area contributed by atoms with Crippen LogP contribution >= 0.6 is 15.9 Å². The molecule has 2 nitrogen and oxygen atoms in total. The van der Waals surface area contributed by atoms with Crippen LogP contribution in [-0.2, 0) is 13.1 Å². The second-order valence-electron chi connectivity index (χ2n) is 3.96. The van der Waals surface area contributed by atoms with Gasteiger partial charge in [-0.25, -0.2) is 0 Å². The number of hydrogen-bond donors (Lipinski definition) is 1. The standard InChI is InChI=1S/C14H15BrN2/c1-11-5-4-8-17-14(11)10-16-9-12-6-2-3-7-13(12)15/h2-8,16H,9-10H2,1H3. The number of rotatable bonds is 4. The number of benzene rings is 1. The summed E-state index contributed by atoms with van der Waals surface area (Å²) in [5.41, 5.74) is 3.60. The largest absolute Gasteiger partial charge is 0.307 e. The Labute approximate surface area is 110 Å². The average molecular weight is 291 g/mol. The van der Waals surface area contributed by atoms with Gasteiger partial charge in [0.2, 0.25) is 0 Å². The lowest BCUT2D eigenvalue weighted by Gasteiger charge is -2.08. The molecule has 0 bridgehead atoms. The minimum Gasteiger partial charge on any atom is -0.307 e. The summed E-state index contributed by atoms with van der Waals surface area (Å²) in [6.07, 6.45) is 1.84. The van der Waals surface area contributed by atoms with E-state index in [-0.39, 0.29) is 0 Å². The van der Waals surface area contributed by atoms with Gasteiger partial charge in [-0.05, 0) is 30.2 Å². The molecular weight excluding hydrogens is 276 g/mol. The first kappa shape index (κ1) is 12.3. The lowest BCUT2D eigenvalue weighted by molar-refractivity contribution is 0.674. The molecule has 0 spiro atoms. The van der Waals surface area contributed by atoms with Crippen molar-refractivity contribution in [3.63, 3.8) is 0 Å². The first-order chi connectivity index (χ1) is 8.27. The number of aryl methyl sites for hydroxylation is 1. The van der Waals surface area contributed by atoms with Gasteiger partial charge in [-0.2, -0.15) is 0 Å². The normalized spacial score (nSPS) is 10.5. The molecule has 1 aromatic heterocycles. The Morgan fingerprint density at radius 3 is 2.71 bits per heavy atom. The molecule has 88 valence electrons. The highest BCUT2D eigenvalue weighted by atomic mass is 79.9. The summed E-state index contributed by atoms with van der Waals surface area (Å²) >= 11 is 3.54. The first-order valence-electron chi connectivity index (χ1n) is 5.62. The monoisotopic (exact) mass is 290 g/mol. The summed E-state index contributed by atoms with van der Waals surface area (Å²) < 4.78 is 1.14. The summed E-state index contributed by atoms with van der Waals surface area (Å²) in [7, 11) is 0. The zero-order valence-electron chi connectivity index (χ0n) is 9.78. The lowest BCUT2D eigenvalue weighted by Crippen LogP contribution is -2.14. The average Bonchev–Trinajstić information content (AvgIpc) is 2.34. The van der Waals surface area contributed by atoms with Crippen molar-refractivity contribution in [2.75, 3.05) is 0 Å². The van der Waals surface area contributed by atoms with E-state index in [0.717, 1.165) is 23.3 Å². The summed E-state index contributed by atoms with van der Waals surface area (Å²) in [6.45, 7) is 3.73. The molecule has 0 atom stereocenters. The zero-order valence-corrected chi connectivity index (χ0v) is 11.4. The molecule has 0 unspecified atom stereocenters. The predicted octanol–water partition coefficient (Wildman–Crippen LogP) is 3.44. The van der Waals surface area contributed by atoms with Crippen LogP contribution in [0, 0.1) is 6.92 Å². The molecule has 1 aromatic carbocycles. The van der Waals surface area contributed by atoms with Crippen molar-refractivity contribution in [2.45, 2.75) is 20.0 Å². The molecule has 0 aliphatic heterocycles. The quantitative estimate of drug-likeness (QED) is 0.933. The molecule has 0 fully saturated rings. The van der Waals surface area contributed by atoms with E-state index in [2.05, 4.69) is 51.4 Å². The summed E-state index contributed by atoms with van der Waals surface area (Å²) in [5.74, 6) is 0. The van der Waals surface area contributed by atoms with E-state index < -0.39 is 0 Å². The van der Waals surface area contributed by atoms with Crippen LogP contribution in [0.5, 0.6) is 0 Å². The van der Waals surface area contributed by atoms with E-state index in [1.807, 2.05) is 24.4 Å². The molecule has 1 heterocycles. The number of nitrogens with zero attached hydrogens (tertiary/aromatic N) is 1. The molecule has 2 rings (SSSR count). The molecule has 0 saturated heterocycles. The first-order valence-corrected chi connectivity index (χ1v) is 6.41. The van der Waals surface area contributed by atoms with Crippen molar-refractivity contribution >= 4 is 15.9 Å².